The maximum Gasteiger partial charge on any atom is 0.173 e. The molecule has 2 aromatic heterocycles. The van der Waals surface area contributed by atoms with Crippen LogP contribution in [0.4, 0.5) is 0 Å². The van der Waals surface area contributed by atoms with Gasteiger partial charge in [0.2, 0.25) is 0 Å². The third kappa shape index (κ3) is 4.17. The molecule has 4 aromatic rings. The molecule has 0 saturated heterocycles. The summed E-state index contributed by atoms with van der Waals surface area (Å²) in [5.74, 6) is 2.53. The van der Waals surface area contributed by atoms with Crippen LogP contribution in [0.1, 0.15) is 47.7 Å². The van der Waals surface area contributed by atoms with Gasteiger partial charge in [-0.2, -0.15) is 5.10 Å². The summed E-state index contributed by atoms with van der Waals surface area (Å²) in [5.41, 5.74) is 4.15. The number of ether oxygens (including phenoxy) is 1. The molecule has 1 N–H and O–H groups in total. The molecule has 0 aliphatic heterocycles. The summed E-state index contributed by atoms with van der Waals surface area (Å²) in [7, 11) is 1.67. The summed E-state index contributed by atoms with van der Waals surface area (Å²) in [6.07, 6.45) is 8.61. The lowest BCUT2D eigenvalue weighted by Crippen LogP contribution is -2.01. The molecule has 152 valence electrons. The highest BCUT2D eigenvalue weighted by Gasteiger charge is 2.15. The van der Waals surface area contributed by atoms with Crippen LogP contribution in [0.3, 0.4) is 0 Å². The van der Waals surface area contributed by atoms with Gasteiger partial charge in [0.15, 0.2) is 5.82 Å². The summed E-state index contributed by atoms with van der Waals surface area (Å²) in [6, 6.07) is 16.4. The Balaban J connectivity index is 1.54. The van der Waals surface area contributed by atoms with Gasteiger partial charge in [0, 0.05) is 12.1 Å². The van der Waals surface area contributed by atoms with E-state index in [0.29, 0.717) is 5.82 Å². The van der Waals surface area contributed by atoms with Gasteiger partial charge in [-0.15, -0.1) is 0 Å². The zero-order valence-corrected chi connectivity index (χ0v) is 17.4. The molecule has 0 aliphatic rings. The van der Waals surface area contributed by atoms with Crippen molar-refractivity contribution in [2.75, 3.05) is 7.11 Å². The van der Waals surface area contributed by atoms with Crippen molar-refractivity contribution in [3.63, 3.8) is 0 Å². The molecule has 4 rings (SSSR count). The number of aryl methyl sites for hydroxylation is 1. The number of nitrogens with one attached hydrogen (secondary N) is 1. The molecular weight excluding hydrogens is 374 g/mol. The predicted octanol–water partition coefficient (Wildman–Crippen LogP) is 5.02. The van der Waals surface area contributed by atoms with Crippen molar-refractivity contribution in [3.8, 4) is 11.4 Å². The molecule has 0 saturated carbocycles. The predicted molar refractivity (Wildman–Crippen MR) is 119 cm³/mol. The molecule has 0 unspecified atom stereocenters. The fourth-order valence-electron chi connectivity index (χ4n) is 3.53. The Kier molecular flexibility index (Phi) is 5.75. The van der Waals surface area contributed by atoms with E-state index < -0.39 is 0 Å². The van der Waals surface area contributed by atoms with Crippen molar-refractivity contribution in [3.05, 3.63) is 89.5 Å². The maximum atomic E-state index is 5.58. The van der Waals surface area contributed by atoms with Gasteiger partial charge in [-0.3, -0.25) is 5.10 Å². The monoisotopic (exact) mass is 399 g/mol. The molecule has 30 heavy (non-hydrogen) atoms. The second-order valence-corrected chi connectivity index (χ2v) is 7.14. The molecule has 2 heterocycles. The van der Waals surface area contributed by atoms with Gasteiger partial charge in [-0.25, -0.2) is 9.97 Å². The molecule has 0 radical (unpaired) electrons. The molecule has 0 amide bonds. The zero-order valence-electron chi connectivity index (χ0n) is 17.4. The van der Waals surface area contributed by atoms with Crippen LogP contribution in [0.25, 0.3) is 17.8 Å². The minimum atomic E-state index is 0.207. The number of nitrogens with zero attached hydrogens (tertiary/aromatic N) is 4. The molecule has 0 spiro atoms. The molecular formula is C24H25N5O. The number of aromatic nitrogens is 5. The normalized spacial score (nSPS) is 12.4. The first kappa shape index (κ1) is 19.6. The van der Waals surface area contributed by atoms with Crippen molar-refractivity contribution < 1.29 is 4.74 Å². The second kappa shape index (κ2) is 8.78. The number of H-pyrrole nitrogens is 1. The highest BCUT2D eigenvalue weighted by Crippen LogP contribution is 2.26. The average molecular weight is 399 g/mol. The largest absolute Gasteiger partial charge is 0.495 e. The Morgan fingerprint density at radius 1 is 1.13 bits per heavy atom. The van der Waals surface area contributed by atoms with E-state index in [1.54, 1.807) is 13.4 Å². The van der Waals surface area contributed by atoms with Crippen LogP contribution >= 0.6 is 0 Å². The highest BCUT2D eigenvalue weighted by molar-refractivity contribution is 5.69. The molecule has 6 nitrogen and oxygen atoms in total. The van der Waals surface area contributed by atoms with Gasteiger partial charge >= 0.3 is 0 Å². The van der Waals surface area contributed by atoms with E-state index in [9.17, 15) is 0 Å². The van der Waals surface area contributed by atoms with Crippen molar-refractivity contribution in [2.45, 2.75) is 26.2 Å². The van der Waals surface area contributed by atoms with E-state index in [-0.39, 0.29) is 5.92 Å². The van der Waals surface area contributed by atoms with Crippen LogP contribution in [-0.2, 0) is 0 Å². The van der Waals surface area contributed by atoms with Crippen molar-refractivity contribution in [1.82, 2.24) is 24.7 Å². The minimum Gasteiger partial charge on any atom is -0.495 e. The van der Waals surface area contributed by atoms with Crippen LogP contribution in [0, 0.1) is 6.92 Å². The average Bonchev–Trinajstić information content (AvgIpc) is 3.42. The SMILES string of the molecule is CC[C@@H](c1ccccc1)c1nc(/C=C/c2ccc(-n3cnc(C)c3)c(OC)c2)n[nH]1. The summed E-state index contributed by atoms with van der Waals surface area (Å²) in [5, 5.41) is 7.47. The first-order valence-electron chi connectivity index (χ1n) is 10.0. The van der Waals surface area contributed by atoms with Crippen LogP contribution in [0.5, 0.6) is 5.75 Å². The smallest absolute Gasteiger partial charge is 0.173 e. The first-order chi connectivity index (χ1) is 14.7. The van der Waals surface area contributed by atoms with Crippen LogP contribution in [-0.4, -0.2) is 31.8 Å². The zero-order chi connectivity index (χ0) is 20.9. The molecule has 0 bridgehead atoms. The lowest BCUT2D eigenvalue weighted by Gasteiger charge is -2.11. The van der Waals surface area contributed by atoms with E-state index in [1.165, 1.54) is 5.56 Å². The van der Waals surface area contributed by atoms with Gasteiger partial charge in [-0.05, 0) is 42.7 Å². The van der Waals surface area contributed by atoms with E-state index in [0.717, 1.165) is 34.9 Å². The van der Waals surface area contributed by atoms with E-state index in [1.807, 2.05) is 54.1 Å². The van der Waals surface area contributed by atoms with Crippen molar-refractivity contribution >= 4 is 12.2 Å². The van der Waals surface area contributed by atoms with Gasteiger partial charge in [0.05, 0.1) is 24.8 Å². The summed E-state index contributed by atoms with van der Waals surface area (Å²) in [4.78, 5) is 8.97. The maximum absolute atomic E-state index is 5.58. The Morgan fingerprint density at radius 3 is 2.67 bits per heavy atom. The Labute approximate surface area is 176 Å². The number of benzene rings is 2. The molecule has 0 aliphatic carbocycles. The fourth-order valence-corrected chi connectivity index (χ4v) is 3.53. The molecule has 2 aromatic carbocycles. The summed E-state index contributed by atoms with van der Waals surface area (Å²) < 4.78 is 7.54. The van der Waals surface area contributed by atoms with E-state index in [2.05, 4.69) is 51.4 Å². The number of aromatic amines is 1. The van der Waals surface area contributed by atoms with Crippen LogP contribution in [0.15, 0.2) is 61.1 Å². The quantitative estimate of drug-likeness (QED) is 0.474. The second-order valence-electron chi connectivity index (χ2n) is 7.14. The lowest BCUT2D eigenvalue weighted by molar-refractivity contribution is 0.413. The topological polar surface area (TPSA) is 68.6 Å². The summed E-state index contributed by atoms with van der Waals surface area (Å²) >= 11 is 0. The summed E-state index contributed by atoms with van der Waals surface area (Å²) in [6.45, 7) is 4.12. The van der Waals surface area contributed by atoms with Crippen molar-refractivity contribution in [2.24, 2.45) is 0 Å². The number of methoxy groups -OCH3 is 1. The molecule has 6 heteroatoms. The molecule has 1 atom stereocenters. The van der Waals surface area contributed by atoms with Crippen LogP contribution < -0.4 is 4.74 Å². The first-order valence-corrected chi connectivity index (χ1v) is 10.0. The molecule has 0 fully saturated rings. The Bertz CT molecular complexity index is 1140. The van der Waals surface area contributed by atoms with Gasteiger partial charge in [0.1, 0.15) is 11.6 Å². The Morgan fingerprint density at radius 2 is 1.97 bits per heavy atom. The fraction of sp³-hybridized carbons (Fsp3) is 0.208. The third-order valence-corrected chi connectivity index (χ3v) is 5.08. The van der Waals surface area contributed by atoms with E-state index in [4.69, 9.17) is 4.74 Å². The standard InChI is InChI=1S/C24H25N5O/c1-4-20(19-8-6-5-7-9-19)24-26-23(27-28-24)13-11-18-10-12-21(22(14-18)30-3)29-15-17(2)25-16-29/h5-16,20H,4H2,1-3H3,(H,26,27,28)/b13-11+/t20-/m0/s1. The number of hydrogen-bond acceptors (Lipinski definition) is 4. The number of imidazole rings is 1. The Hall–Kier alpha value is -3.67. The van der Waals surface area contributed by atoms with Crippen molar-refractivity contribution in [1.29, 1.82) is 0 Å². The van der Waals surface area contributed by atoms with E-state index >= 15 is 0 Å². The van der Waals surface area contributed by atoms with Gasteiger partial charge < -0.3 is 9.30 Å². The van der Waals surface area contributed by atoms with Gasteiger partial charge in [0.25, 0.3) is 0 Å². The number of hydrogen-bond donors (Lipinski definition) is 1. The van der Waals surface area contributed by atoms with Crippen LogP contribution in [0.2, 0.25) is 0 Å². The van der Waals surface area contributed by atoms with Gasteiger partial charge in [-0.1, -0.05) is 49.4 Å². The highest BCUT2D eigenvalue weighted by atomic mass is 16.5. The minimum absolute atomic E-state index is 0.207. The third-order valence-electron chi connectivity index (χ3n) is 5.08. The lowest BCUT2D eigenvalue weighted by atomic mass is 9.96. The number of rotatable bonds is 7.